The molecule has 0 bridgehead atoms. The van der Waals surface area contributed by atoms with E-state index in [9.17, 15) is 4.79 Å². The van der Waals surface area contributed by atoms with Crippen LogP contribution >= 0.6 is 0 Å². The van der Waals surface area contributed by atoms with Gasteiger partial charge in [0, 0.05) is 25.5 Å². The van der Waals surface area contributed by atoms with Crippen molar-refractivity contribution in [3.05, 3.63) is 66.6 Å². The van der Waals surface area contributed by atoms with Crippen molar-refractivity contribution in [2.45, 2.75) is 0 Å². The van der Waals surface area contributed by atoms with E-state index in [4.69, 9.17) is 4.74 Å². The van der Waals surface area contributed by atoms with Gasteiger partial charge >= 0.3 is 0 Å². The number of para-hydroxylation sites is 1. The van der Waals surface area contributed by atoms with Crippen molar-refractivity contribution >= 4 is 11.6 Å². The summed E-state index contributed by atoms with van der Waals surface area (Å²) in [6, 6.07) is 12.7. The van der Waals surface area contributed by atoms with E-state index in [1.165, 1.54) is 6.20 Å². The molecular formula is C16H14N4O2. The Kier molecular flexibility index (Phi) is 3.82. The molecule has 1 aromatic carbocycles. The predicted molar refractivity (Wildman–Crippen MR) is 81.9 cm³/mol. The third kappa shape index (κ3) is 3.29. The number of rotatable bonds is 4. The van der Waals surface area contributed by atoms with E-state index < -0.39 is 0 Å². The maximum absolute atomic E-state index is 12.1. The molecule has 2 heterocycles. The summed E-state index contributed by atoms with van der Waals surface area (Å²) in [5, 5.41) is 6.74. The number of pyridine rings is 1. The average Bonchev–Trinajstić information content (AvgIpc) is 2.94. The lowest BCUT2D eigenvalue weighted by Gasteiger charge is -2.05. The lowest BCUT2D eigenvalue weighted by atomic mass is 10.2. The average molecular weight is 294 g/mol. The first-order valence-electron chi connectivity index (χ1n) is 6.70. The second-order valence-corrected chi connectivity index (χ2v) is 4.66. The van der Waals surface area contributed by atoms with Gasteiger partial charge in [-0.15, -0.1) is 0 Å². The summed E-state index contributed by atoms with van der Waals surface area (Å²) in [4.78, 5) is 16.2. The zero-order valence-electron chi connectivity index (χ0n) is 11.9. The van der Waals surface area contributed by atoms with Gasteiger partial charge in [0.15, 0.2) is 0 Å². The molecule has 0 atom stereocenters. The lowest BCUT2D eigenvalue weighted by Crippen LogP contribution is -2.11. The Hall–Kier alpha value is -3.15. The molecule has 2 aromatic heterocycles. The molecule has 3 rings (SSSR count). The van der Waals surface area contributed by atoms with E-state index in [1.54, 1.807) is 36.3 Å². The molecule has 110 valence electrons. The number of hydrogen-bond acceptors (Lipinski definition) is 4. The fourth-order valence-corrected chi connectivity index (χ4v) is 1.87. The van der Waals surface area contributed by atoms with E-state index in [0.29, 0.717) is 22.9 Å². The van der Waals surface area contributed by atoms with Crippen LogP contribution in [0, 0.1) is 0 Å². The summed E-state index contributed by atoms with van der Waals surface area (Å²) in [6.45, 7) is 0. The summed E-state index contributed by atoms with van der Waals surface area (Å²) in [6.07, 6.45) is 4.78. The van der Waals surface area contributed by atoms with Crippen molar-refractivity contribution < 1.29 is 9.53 Å². The highest BCUT2D eigenvalue weighted by Gasteiger charge is 2.08. The summed E-state index contributed by atoms with van der Waals surface area (Å²) in [7, 11) is 1.78. The molecule has 0 fully saturated rings. The summed E-state index contributed by atoms with van der Waals surface area (Å²) >= 11 is 0. The number of amides is 1. The minimum absolute atomic E-state index is 0.244. The van der Waals surface area contributed by atoms with Crippen LogP contribution in [-0.4, -0.2) is 20.7 Å². The number of aromatic nitrogens is 3. The molecule has 3 aromatic rings. The molecule has 0 aliphatic carbocycles. The highest BCUT2D eigenvalue weighted by molar-refractivity contribution is 6.03. The zero-order chi connectivity index (χ0) is 15.4. The zero-order valence-corrected chi connectivity index (χ0v) is 11.9. The van der Waals surface area contributed by atoms with E-state index in [-0.39, 0.29) is 5.91 Å². The Morgan fingerprint density at radius 1 is 1.14 bits per heavy atom. The number of anilines is 1. The number of benzene rings is 1. The van der Waals surface area contributed by atoms with Crippen LogP contribution in [0.3, 0.4) is 0 Å². The molecule has 6 heteroatoms. The van der Waals surface area contributed by atoms with Crippen molar-refractivity contribution in [2.75, 3.05) is 5.32 Å². The SMILES string of the molecule is Cn1cc(NC(=O)c2ccc(Oc3ccccc3)nc2)cn1. The Morgan fingerprint density at radius 3 is 2.59 bits per heavy atom. The third-order valence-electron chi connectivity index (χ3n) is 2.93. The maximum atomic E-state index is 12.1. The van der Waals surface area contributed by atoms with E-state index in [0.717, 1.165) is 0 Å². The number of carbonyl (C=O) groups is 1. The van der Waals surface area contributed by atoms with Crippen LogP contribution in [-0.2, 0) is 7.05 Å². The maximum Gasteiger partial charge on any atom is 0.257 e. The van der Waals surface area contributed by atoms with Crippen LogP contribution < -0.4 is 10.1 Å². The van der Waals surface area contributed by atoms with Crippen molar-refractivity contribution in [2.24, 2.45) is 7.05 Å². The Bertz CT molecular complexity index is 766. The van der Waals surface area contributed by atoms with Gasteiger partial charge in [0.1, 0.15) is 5.75 Å². The van der Waals surface area contributed by atoms with Gasteiger partial charge < -0.3 is 10.1 Å². The Labute approximate surface area is 127 Å². The van der Waals surface area contributed by atoms with Crippen LogP contribution in [0.2, 0.25) is 0 Å². The molecule has 0 spiro atoms. The minimum Gasteiger partial charge on any atom is -0.439 e. The molecule has 1 N–H and O–H groups in total. The molecule has 0 aliphatic rings. The number of aryl methyl sites for hydroxylation is 1. The second kappa shape index (κ2) is 6.09. The number of hydrogen-bond donors (Lipinski definition) is 1. The van der Waals surface area contributed by atoms with E-state index in [1.807, 2.05) is 30.3 Å². The number of nitrogens with zero attached hydrogens (tertiary/aromatic N) is 3. The molecule has 0 radical (unpaired) electrons. The van der Waals surface area contributed by atoms with Gasteiger partial charge in [0.25, 0.3) is 5.91 Å². The molecule has 22 heavy (non-hydrogen) atoms. The topological polar surface area (TPSA) is 69.0 Å². The molecule has 6 nitrogen and oxygen atoms in total. The monoisotopic (exact) mass is 294 g/mol. The minimum atomic E-state index is -0.244. The summed E-state index contributed by atoms with van der Waals surface area (Å²) < 4.78 is 7.19. The molecule has 0 saturated carbocycles. The largest absolute Gasteiger partial charge is 0.439 e. The lowest BCUT2D eigenvalue weighted by molar-refractivity contribution is 0.102. The Morgan fingerprint density at radius 2 is 1.95 bits per heavy atom. The van der Waals surface area contributed by atoms with E-state index in [2.05, 4.69) is 15.4 Å². The number of carbonyl (C=O) groups excluding carboxylic acids is 1. The smallest absolute Gasteiger partial charge is 0.257 e. The van der Waals surface area contributed by atoms with Crippen molar-refractivity contribution in [3.63, 3.8) is 0 Å². The summed E-state index contributed by atoms with van der Waals surface area (Å²) in [5.74, 6) is 0.887. The van der Waals surface area contributed by atoms with Gasteiger partial charge in [-0.05, 0) is 18.2 Å². The van der Waals surface area contributed by atoms with Crippen LogP contribution in [0.25, 0.3) is 0 Å². The second-order valence-electron chi connectivity index (χ2n) is 4.66. The number of nitrogens with one attached hydrogen (secondary N) is 1. The first kappa shape index (κ1) is 13.8. The molecular weight excluding hydrogens is 280 g/mol. The molecule has 0 aliphatic heterocycles. The standard InChI is InChI=1S/C16H14N4O2/c1-20-11-13(10-18-20)19-16(21)12-7-8-15(17-9-12)22-14-5-3-2-4-6-14/h2-11H,1H3,(H,19,21). The molecule has 1 amide bonds. The van der Waals surface area contributed by atoms with Gasteiger partial charge in [0.2, 0.25) is 5.88 Å². The van der Waals surface area contributed by atoms with Crippen LogP contribution in [0.15, 0.2) is 61.1 Å². The van der Waals surface area contributed by atoms with Crippen molar-refractivity contribution in [1.82, 2.24) is 14.8 Å². The highest BCUT2D eigenvalue weighted by Crippen LogP contribution is 2.18. The fourth-order valence-electron chi connectivity index (χ4n) is 1.87. The van der Waals surface area contributed by atoms with Crippen molar-refractivity contribution in [3.8, 4) is 11.6 Å². The first-order valence-corrected chi connectivity index (χ1v) is 6.70. The molecule has 0 unspecified atom stereocenters. The first-order chi connectivity index (χ1) is 10.7. The van der Waals surface area contributed by atoms with Gasteiger partial charge in [-0.25, -0.2) is 4.98 Å². The predicted octanol–water partition coefficient (Wildman–Crippen LogP) is 2.86. The number of ether oxygens (including phenoxy) is 1. The normalized spacial score (nSPS) is 10.2. The van der Waals surface area contributed by atoms with Crippen LogP contribution in [0.1, 0.15) is 10.4 Å². The van der Waals surface area contributed by atoms with Crippen molar-refractivity contribution in [1.29, 1.82) is 0 Å². The van der Waals surface area contributed by atoms with Gasteiger partial charge in [-0.2, -0.15) is 5.10 Å². The Balaban J connectivity index is 1.67. The summed E-state index contributed by atoms with van der Waals surface area (Å²) in [5.41, 5.74) is 1.08. The fraction of sp³-hybridized carbons (Fsp3) is 0.0625. The quantitative estimate of drug-likeness (QED) is 0.803. The third-order valence-corrected chi connectivity index (χ3v) is 2.93. The van der Waals surface area contributed by atoms with Gasteiger partial charge in [-0.1, -0.05) is 18.2 Å². The van der Waals surface area contributed by atoms with Gasteiger partial charge in [0.05, 0.1) is 17.4 Å². The van der Waals surface area contributed by atoms with E-state index >= 15 is 0 Å². The highest BCUT2D eigenvalue weighted by atomic mass is 16.5. The van der Waals surface area contributed by atoms with Gasteiger partial charge in [-0.3, -0.25) is 9.48 Å². The van der Waals surface area contributed by atoms with Crippen LogP contribution in [0.5, 0.6) is 11.6 Å². The molecule has 0 saturated heterocycles. The van der Waals surface area contributed by atoms with Crippen LogP contribution in [0.4, 0.5) is 5.69 Å².